The summed E-state index contributed by atoms with van der Waals surface area (Å²) in [5.74, 6) is -0.200. The van der Waals surface area contributed by atoms with E-state index in [1.54, 1.807) is 0 Å². The maximum absolute atomic E-state index is 10.4. The second kappa shape index (κ2) is 4.32. The van der Waals surface area contributed by atoms with Gasteiger partial charge in [-0.15, -0.1) is 0 Å². The average Bonchev–Trinajstić information content (AvgIpc) is 2.69. The van der Waals surface area contributed by atoms with Gasteiger partial charge in [-0.25, -0.2) is 4.98 Å². The SMILES string of the molecule is NC(CCC(=O)O)c1nc2ccccc2[nH]1. The number of carboxylic acid groups (broad SMARTS) is 1. The average molecular weight is 219 g/mol. The number of nitrogens with one attached hydrogen (secondary N) is 1. The number of para-hydroxylation sites is 2. The highest BCUT2D eigenvalue weighted by atomic mass is 16.4. The number of nitrogens with two attached hydrogens (primary N) is 1. The lowest BCUT2D eigenvalue weighted by molar-refractivity contribution is -0.137. The van der Waals surface area contributed by atoms with Crippen molar-refractivity contribution in [2.45, 2.75) is 18.9 Å². The Morgan fingerprint density at radius 1 is 1.50 bits per heavy atom. The van der Waals surface area contributed by atoms with Crippen LogP contribution in [0, 0.1) is 0 Å². The van der Waals surface area contributed by atoms with E-state index in [1.165, 1.54) is 0 Å². The van der Waals surface area contributed by atoms with Gasteiger partial charge in [0.15, 0.2) is 0 Å². The summed E-state index contributed by atoms with van der Waals surface area (Å²) >= 11 is 0. The van der Waals surface area contributed by atoms with Crippen molar-refractivity contribution in [1.29, 1.82) is 0 Å². The first-order valence-corrected chi connectivity index (χ1v) is 5.09. The number of H-pyrrole nitrogens is 1. The summed E-state index contributed by atoms with van der Waals surface area (Å²) in [6.45, 7) is 0. The van der Waals surface area contributed by atoms with Gasteiger partial charge in [-0.1, -0.05) is 12.1 Å². The van der Waals surface area contributed by atoms with Gasteiger partial charge in [-0.3, -0.25) is 4.79 Å². The standard InChI is InChI=1S/C11H13N3O2/c12-7(5-6-10(15)16)11-13-8-3-1-2-4-9(8)14-11/h1-4,7H,5-6,12H2,(H,13,14)(H,15,16). The molecule has 0 aliphatic carbocycles. The smallest absolute Gasteiger partial charge is 0.303 e. The molecule has 1 aromatic carbocycles. The topological polar surface area (TPSA) is 92.0 Å². The molecule has 0 aliphatic heterocycles. The lowest BCUT2D eigenvalue weighted by Gasteiger charge is -2.05. The molecule has 4 N–H and O–H groups in total. The molecule has 1 atom stereocenters. The Morgan fingerprint density at radius 2 is 2.25 bits per heavy atom. The number of carbonyl (C=O) groups is 1. The van der Waals surface area contributed by atoms with Crippen LogP contribution in [0.15, 0.2) is 24.3 Å². The Morgan fingerprint density at radius 3 is 2.94 bits per heavy atom. The third kappa shape index (κ3) is 2.20. The quantitative estimate of drug-likeness (QED) is 0.725. The molecule has 0 spiro atoms. The summed E-state index contributed by atoms with van der Waals surface area (Å²) < 4.78 is 0. The summed E-state index contributed by atoms with van der Waals surface area (Å²) in [7, 11) is 0. The summed E-state index contributed by atoms with van der Waals surface area (Å²) in [5.41, 5.74) is 7.62. The van der Waals surface area contributed by atoms with Crippen molar-refractivity contribution >= 4 is 17.0 Å². The van der Waals surface area contributed by atoms with Crippen molar-refractivity contribution in [3.63, 3.8) is 0 Å². The first kappa shape index (κ1) is 10.6. The number of fused-ring (bicyclic) bond motifs is 1. The van der Waals surface area contributed by atoms with Gasteiger partial charge in [0.05, 0.1) is 17.1 Å². The number of imidazole rings is 1. The van der Waals surface area contributed by atoms with E-state index in [-0.39, 0.29) is 12.5 Å². The zero-order chi connectivity index (χ0) is 11.5. The Hall–Kier alpha value is -1.88. The van der Waals surface area contributed by atoms with Gasteiger partial charge >= 0.3 is 5.97 Å². The van der Waals surface area contributed by atoms with Crippen LogP contribution in [-0.4, -0.2) is 21.0 Å². The van der Waals surface area contributed by atoms with E-state index in [0.29, 0.717) is 12.2 Å². The van der Waals surface area contributed by atoms with Crippen LogP contribution in [0.25, 0.3) is 11.0 Å². The maximum Gasteiger partial charge on any atom is 0.303 e. The Bertz CT molecular complexity index is 474. The third-order valence-electron chi connectivity index (χ3n) is 2.43. The summed E-state index contributed by atoms with van der Waals surface area (Å²) in [6.07, 6.45) is 0.438. The van der Waals surface area contributed by atoms with Gasteiger partial charge in [0.25, 0.3) is 0 Å². The molecule has 2 aromatic rings. The number of benzene rings is 1. The van der Waals surface area contributed by atoms with Crippen LogP contribution >= 0.6 is 0 Å². The van der Waals surface area contributed by atoms with Crippen molar-refractivity contribution in [1.82, 2.24) is 9.97 Å². The van der Waals surface area contributed by atoms with Crippen LogP contribution in [0.5, 0.6) is 0 Å². The fourth-order valence-electron chi connectivity index (χ4n) is 1.56. The van der Waals surface area contributed by atoms with E-state index in [2.05, 4.69) is 9.97 Å². The minimum atomic E-state index is -0.841. The van der Waals surface area contributed by atoms with Crippen molar-refractivity contribution in [3.8, 4) is 0 Å². The molecule has 0 amide bonds. The van der Waals surface area contributed by atoms with Crippen LogP contribution in [0.2, 0.25) is 0 Å². The summed E-state index contributed by atoms with van der Waals surface area (Å²) in [4.78, 5) is 17.8. The molecule has 0 aliphatic rings. The maximum atomic E-state index is 10.4. The van der Waals surface area contributed by atoms with E-state index in [9.17, 15) is 4.79 Å². The van der Waals surface area contributed by atoms with Crippen LogP contribution in [0.3, 0.4) is 0 Å². The Kier molecular flexibility index (Phi) is 2.87. The predicted octanol–water partition coefficient (Wildman–Crippen LogP) is 1.43. The van der Waals surface area contributed by atoms with E-state index in [4.69, 9.17) is 10.8 Å². The number of aromatic amines is 1. The monoisotopic (exact) mass is 219 g/mol. The lowest BCUT2D eigenvalue weighted by atomic mass is 10.1. The van der Waals surface area contributed by atoms with Gasteiger partial charge in [0.1, 0.15) is 5.82 Å². The third-order valence-corrected chi connectivity index (χ3v) is 2.43. The van der Waals surface area contributed by atoms with Crippen LogP contribution in [0.1, 0.15) is 24.7 Å². The molecule has 1 heterocycles. The predicted molar refractivity (Wildman–Crippen MR) is 59.9 cm³/mol. The van der Waals surface area contributed by atoms with Crippen molar-refractivity contribution in [2.24, 2.45) is 5.73 Å². The van der Waals surface area contributed by atoms with Gasteiger partial charge < -0.3 is 15.8 Å². The largest absolute Gasteiger partial charge is 0.481 e. The molecule has 1 unspecified atom stereocenters. The Labute approximate surface area is 92.3 Å². The molecule has 0 saturated carbocycles. The van der Waals surface area contributed by atoms with Crippen molar-refractivity contribution in [3.05, 3.63) is 30.1 Å². The molecule has 5 nitrogen and oxygen atoms in total. The number of aliphatic carboxylic acids is 1. The molecule has 5 heteroatoms. The van der Waals surface area contributed by atoms with Crippen molar-refractivity contribution in [2.75, 3.05) is 0 Å². The molecule has 0 radical (unpaired) electrons. The number of aromatic nitrogens is 2. The second-order valence-corrected chi connectivity index (χ2v) is 3.68. The minimum absolute atomic E-state index is 0.0538. The number of rotatable bonds is 4. The zero-order valence-electron chi connectivity index (χ0n) is 8.68. The first-order chi connectivity index (χ1) is 7.66. The molecule has 1 aromatic heterocycles. The molecule has 0 saturated heterocycles. The highest BCUT2D eigenvalue weighted by Gasteiger charge is 2.12. The van der Waals surface area contributed by atoms with Gasteiger partial charge in [-0.05, 0) is 18.6 Å². The fourth-order valence-corrected chi connectivity index (χ4v) is 1.56. The molecular weight excluding hydrogens is 206 g/mol. The van der Waals surface area contributed by atoms with E-state index < -0.39 is 5.97 Å². The van der Waals surface area contributed by atoms with Gasteiger partial charge in [0.2, 0.25) is 0 Å². The molecule has 16 heavy (non-hydrogen) atoms. The number of carboxylic acids is 1. The van der Waals surface area contributed by atoms with E-state index in [1.807, 2.05) is 24.3 Å². The second-order valence-electron chi connectivity index (χ2n) is 3.68. The highest BCUT2D eigenvalue weighted by molar-refractivity contribution is 5.74. The van der Waals surface area contributed by atoms with Gasteiger partial charge in [0, 0.05) is 6.42 Å². The van der Waals surface area contributed by atoms with Crippen molar-refractivity contribution < 1.29 is 9.90 Å². The Balaban J connectivity index is 2.16. The van der Waals surface area contributed by atoms with Crippen LogP contribution in [-0.2, 0) is 4.79 Å². The highest BCUT2D eigenvalue weighted by Crippen LogP contribution is 2.17. The van der Waals surface area contributed by atoms with E-state index in [0.717, 1.165) is 11.0 Å². The zero-order valence-corrected chi connectivity index (χ0v) is 8.68. The summed E-state index contributed by atoms with van der Waals surface area (Å²) in [5, 5.41) is 8.56. The first-order valence-electron chi connectivity index (χ1n) is 5.09. The molecular formula is C11H13N3O2. The number of hydrogen-bond donors (Lipinski definition) is 3. The fraction of sp³-hybridized carbons (Fsp3) is 0.273. The number of hydrogen-bond acceptors (Lipinski definition) is 3. The van der Waals surface area contributed by atoms with Gasteiger partial charge in [-0.2, -0.15) is 0 Å². The number of nitrogens with zero attached hydrogens (tertiary/aromatic N) is 1. The molecule has 0 bridgehead atoms. The molecule has 0 fully saturated rings. The summed E-state index contributed by atoms with van der Waals surface area (Å²) in [6, 6.07) is 7.25. The van der Waals surface area contributed by atoms with Crippen LogP contribution in [0.4, 0.5) is 0 Å². The molecule has 2 rings (SSSR count). The lowest BCUT2D eigenvalue weighted by Crippen LogP contribution is -2.13. The normalized spacial score (nSPS) is 12.8. The van der Waals surface area contributed by atoms with Crippen LogP contribution < -0.4 is 5.73 Å². The van der Waals surface area contributed by atoms with E-state index >= 15 is 0 Å². The molecule has 84 valence electrons. The minimum Gasteiger partial charge on any atom is -0.481 e.